The number of sulfonamides is 1. The molecule has 1 heterocycles. The van der Waals surface area contributed by atoms with Gasteiger partial charge in [0.1, 0.15) is 5.82 Å². The van der Waals surface area contributed by atoms with Crippen LogP contribution >= 0.6 is 0 Å². The van der Waals surface area contributed by atoms with Crippen LogP contribution in [0, 0.1) is 0 Å². The molecule has 0 radical (unpaired) electrons. The lowest BCUT2D eigenvalue weighted by atomic mass is 10.2. The van der Waals surface area contributed by atoms with Crippen LogP contribution in [0.25, 0.3) is 0 Å². The standard InChI is InChI=1S/C13H16N4O3S/c1-3-9-8-14-16-12(9)15-13(18)10-4-6-11(7-5-10)17-21(2,19)20/h4-8,17H,3H2,1-2H3,(H2,14,15,16,18). The fourth-order valence-corrected chi connectivity index (χ4v) is 2.34. The molecule has 0 aliphatic carbocycles. The fourth-order valence-electron chi connectivity index (χ4n) is 1.78. The van der Waals surface area contributed by atoms with Gasteiger partial charge < -0.3 is 5.32 Å². The number of H-pyrrole nitrogens is 1. The van der Waals surface area contributed by atoms with Crippen LogP contribution in [0.3, 0.4) is 0 Å². The molecule has 0 saturated heterocycles. The van der Waals surface area contributed by atoms with E-state index in [2.05, 4.69) is 20.2 Å². The van der Waals surface area contributed by atoms with E-state index in [1.54, 1.807) is 18.3 Å². The third-order valence-electron chi connectivity index (χ3n) is 2.79. The molecule has 0 aliphatic heterocycles. The molecule has 0 atom stereocenters. The highest BCUT2D eigenvalue weighted by Gasteiger charge is 2.10. The molecule has 2 rings (SSSR count). The van der Waals surface area contributed by atoms with Crippen molar-refractivity contribution in [2.24, 2.45) is 0 Å². The minimum atomic E-state index is -3.32. The van der Waals surface area contributed by atoms with Crippen molar-refractivity contribution in [3.8, 4) is 0 Å². The SMILES string of the molecule is CCc1cn[nH]c1NC(=O)c1ccc(NS(C)(=O)=O)cc1. The molecule has 0 bridgehead atoms. The van der Waals surface area contributed by atoms with Crippen LogP contribution < -0.4 is 10.0 Å². The second-order valence-electron chi connectivity index (χ2n) is 4.53. The lowest BCUT2D eigenvalue weighted by Gasteiger charge is -2.07. The van der Waals surface area contributed by atoms with Crippen LogP contribution in [0.1, 0.15) is 22.8 Å². The van der Waals surface area contributed by atoms with E-state index in [1.807, 2.05) is 6.92 Å². The van der Waals surface area contributed by atoms with Crippen molar-refractivity contribution >= 4 is 27.4 Å². The Morgan fingerprint density at radius 3 is 2.52 bits per heavy atom. The molecule has 3 N–H and O–H groups in total. The summed E-state index contributed by atoms with van der Waals surface area (Å²) in [7, 11) is -3.32. The number of aromatic amines is 1. The molecular formula is C13H16N4O3S. The van der Waals surface area contributed by atoms with E-state index < -0.39 is 10.0 Å². The van der Waals surface area contributed by atoms with Crippen molar-refractivity contribution in [3.05, 3.63) is 41.6 Å². The number of aryl methyl sites for hydroxylation is 1. The summed E-state index contributed by atoms with van der Waals surface area (Å²) < 4.78 is 24.5. The number of hydrogen-bond acceptors (Lipinski definition) is 4. The van der Waals surface area contributed by atoms with E-state index in [4.69, 9.17) is 0 Å². The zero-order valence-corrected chi connectivity index (χ0v) is 12.5. The molecule has 0 aliphatic rings. The first-order chi connectivity index (χ1) is 9.89. The van der Waals surface area contributed by atoms with E-state index in [-0.39, 0.29) is 5.91 Å². The zero-order valence-electron chi connectivity index (χ0n) is 11.7. The molecule has 1 amide bonds. The minimum Gasteiger partial charge on any atom is -0.307 e. The maximum Gasteiger partial charge on any atom is 0.256 e. The maximum absolute atomic E-state index is 12.1. The Kier molecular flexibility index (Phi) is 4.27. The molecule has 1 aromatic carbocycles. The molecule has 112 valence electrons. The summed E-state index contributed by atoms with van der Waals surface area (Å²) in [4.78, 5) is 12.1. The summed E-state index contributed by atoms with van der Waals surface area (Å²) in [6, 6.07) is 6.16. The molecule has 7 nitrogen and oxygen atoms in total. The van der Waals surface area contributed by atoms with E-state index >= 15 is 0 Å². The number of carbonyl (C=O) groups excluding carboxylic acids is 1. The minimum absolute atomic E-state index is 0.292. The van der Waals surface area contributed by atoms with Crippen LogP contribution in [-0.4, -0.2) is 30.8 Å². The van der Waals surface area contributed by atoms with Gasteiger partial charge in [-0.3, -0.25) is 14.6 Å². The largest absolute Gasteiger partial charge is 0.307 e. The molecule has 8 heteroatoms. The van der Waals surface area contributed by atoms with E-state index in [1.165, 1.54) is 12.1 Å². The van der Waals surface area contributed by atoms with Crippen molar-refractivity contribution < 1.29 is 13.2 Å². The van der Waals surface area contributed by atoms with Crippen molar-refractivity contribution in [1.29, 1.82) is 0 Å². The molecule has 21 heavy (non-hydrogen) atoms. The third-order valence-corrected chi connectivity index (χ3v) is 3.39. The number of aromatic nitrogens is 2. The number of benzene rings is 1. The quantitative estimate of drug-likeness (QED) is 0.780. The van der Waals surface area contributed by atoms with E-state index in [0.717, 1.165) is 18.2 Å². The molecule has 0 spiro atoms. The van der Waals surface area contributed by atoms with Gasteiger partial charge >= 0.3 is 0 Å². The molecule has 0 unspecified atom stereocenters. The Labute approximate surface area is 122 Å². The van der Waals surface area contributed by atoms with Crippen LogP contribution in [0.4, 0.5) is 11.5 Å². The predicted molar refractivity (Wildman–Crippen MR) is 80.8 cm³/mol. The normalized spacial score (nSPS) is 11.1. The maximum atomic E-state index is 12.1. The Bertz CT molecular complexity index is 735. The van der Waals surface area contributed by atoms with Gasteiger partial charge in [-0.15, -0.1) is 0 Å². The Morgan fingerprint density at radius 2 is 1.95 bits per heavy atom. The van der Waals surface area contributed by atoms with Crippen LogP contribution in [0.5, 0.6) is 0 Å². The first-order valence-corrected chi connectivity index (χ1v) is 8.19. The first-order valence-electron chi connectivity index (χ1n) is 6.30. The molecule has 0 saturated carbocycles. The Balaban J connectivity index is 2.10. The number of nitrogens with zero attached hydrogens (tertiary/aromatic N) is 1. The monoisotopic (exact) mass is 308 g/mol. The average molecular weight is 308 g/mol. The number of hydrogen-bond donors (Lipinski definition) is 3. The lowest BCUT2D eigenvalue weighted by molar-refractivity contribution is 0.102. The van der Waals surface area contributed by atoms with Gasteiger partial charge in [0.15, 0.2) is 0 Å². The highest BCUT2D eigenvalue weighted by molar-refractivity contribution is 7.92. The second kappa shape index (κ2) is 5.96. The van der Waals surface area contributed by atoms with Crippen LogP contribution in [-0.2, 0) is 16.4 Å². The van der Waals surface area contributed by atoms with Crippen molar-refractivity contribution in [1.82, 2.24) is 10.2 Å². The van der Waals surface area contributed by atoms with Gasteiger partial charge in [-0.05, 0) is 30.7 Å². The molecular weight excluding hydrogens is 292 g/mol. The van der Waals surface area contributed by atoms with Gasteiger partial charge in [0.05, 0.1) is 12.5 Å². The van der Waals surface area contributed by atoms with Crippen molar-refractivity contribution in [2.75, 3.05) is 16.3 Å². The highest BCUT2D eigenvalue weighted by atomic mass is 32.2. The Hall–Kier alpha value is -2.35. The van der Waals surface area contributed by atoms with Crippen LogP contribution in [0.15, 0.2) is 30.5 Å². The molecule has 1 aromatic heterocycles. The summed E-state index contributed by atoms with van der Waals surface area (Å²) in [5, 5.41) is 9.33. The van der Waals surface area contributed by atoms with Gasteiger partial charge in [0.25, 0.3) is 5.91 Å². The average Bonchev–Trinajstić information content (AvgIpc) is 2.85. The number of amides is 1. The number of anilines is 2. The summed E-state index contributed by atoms with van der Waals surface area (Å²) in [6.45, 7) is 1.96. The second-order valence-corrected chi connectivity index (χ2v) is 6.28. The van der Waals surface area contributed by atoms with Gasteiger partial charge in [-0.1, -0.05) is 6.92 Å². The predicted octanol–water partition coefficient (Wildman–Crippen LogP) is 1.60. The van der Waals surface area contributed by atoms with Gasteiger partial charge in [0, 0.05) is 16.8 Å². The number of carbonyl (C=O) groups is 1. The number of rotatable bonds is 5. The van der Waals surface area contributed by atoms with Gasteiger partial charge in [0.2, 0.25) is 10.0 Å². The summed E-state index contributed by atoms with van der Waals surface area (Å²) in [6.07, 6.45) is 3.48. The highest BCUT2D eigenvalue weighted by Crippen LogP contribution is 2.15. The zero-order chi connectivity index (χ0) is 15.5. The summed E-state index contributed by atoms with van der Waals surface area (Å²) >= 11 is 0. The topological polar surface area (TPSA) is 104 Å². The van der Waals surface area contributed by atoms with E-state index in [0.29, 0.717) is 17.1 Å². The van der Waals surface area contributed by atoms with Crippen molar-refractivity contribution in [3.63, 3.8) is 0 Å². The molecule has 0 fully saturated rings. The van der Waals surface area contributed by atoms with Gasteiger partial charge in [-0.2, -0.15) is 5.10 Å². The summed E-state index contributed by atoms with van der Waals surface area (Å²) in [5.41, 5.74) is 1.74. The summed E-state index contributed by atoms with van der Waals surface area (Å²) in [5.74, 6) is 0.278. The molecule has 2 aromatic rings. The smallest absolute Gasteiger partial charge is 0.256 e. The van der Waals surface area contributed by atoms with Crippen molar-refractivity contribution in [2.45, 2.75) is 13.3 Å². The lowest BCUT2D eigenvalue weighted by Crippen LogP contribution is -2.14. The number of nitrogens with one attached hydrogen (secondary N) is 3. The Morgan fingerprint density at radius 1 is 1.29 bits per heavy atom. The van der Waals surface area contributed by atoms with E-state index in [9.17, 15) is 13.2 Å². The third kappa shape index (κ3) is 4.06. The van der Waals surface area contributed by atoms with Gasteiger partial charge in [-0.25, -0.2) is 8.42 Å². The first kappa shape index (κ1) is 15.0. The fraction of sp³-hybridized carbons (Fsp3) is 0.231. The van der Waals surface area contributed by atoms with Crippen LogP contribution in [0.2, 0.25) is 0 Å².